The van der Waals surface area contributed by atoms with Crippen molar-refractivity contribution < 1.29 is 19.2 Å². The lowest BCUT2D eigenvalue weighted by molar-refractivity contribution is -0.793. The Morgan fingerprint density at radius 2 is 2.08 bits per heavy atom. The predicted octanol–water partition coefficient (Wildman–Crippen LogP) is 3.98. The number of amides is 2. The molecule has 6 heteroatoms. The fourth-order valence-electron chi connectivity index (χ4n) is 3.38. The van der Waals surface area contributed by atoms with Gasteiger partial charge in [-0.05, 0) is 31.9 Å². The molecule has 1 saturated heterocycles. The van der Waals surface area contributed by atoms with Crippen molar-refractivity contribution in [2.45, 2.75) is 44.2 Å². The van der Waals surface area contributed by atoms with E-state index in [-0.39, 0.29) is 23.1 Å². The summed E-state index contributed by atoms with van der Waals surface area (Å²) < 4.78 is -0.451. The summed E-state index contributed by atoms with van der Waals surface area (Å²) in [5.74, 6) is 0.649. The summed E-state index contributed by atoms with van der Waals surface area (Å²) in [5, 5.41) is 9.99. The van der Waals surface area contributed by atoms with Gasteiger partial charge in [-0.2, -0.15) is 21.9 Å². The number of aryl methyl sites for hydroxylation is 1. The van der Waals surface area contributed by atoms with Gasteiger partial charge in [0.15, 0.2) is 0 Å². The number of carbonyl (C=O) groups excluding carboxylic acids is 1. The van der Waals surface area contributed by atoms with Crippen LogP contribution in [0.1, 0.15) is 31.4 Å². The largest absolute Gasteiger partial charge is 0.521 e. The Balaban J connectivity index is 2.13. The number of nitrogens with zero attached hydrogens (tertiary/aromatic N) is 1. The Morgan fingerprint density at radius 1 is 1.42 bits per heavy atom. The molecule has 2 amide bonds. The van der Waals surface area contributed by atoms with Crippen molar-refractivity contribution in [3.05, 3.63) is 35.4 Å². The first-order valence-corrected chi connectivity index (χ1v) is 9.93. The van der Waals surface area contributed by atoms with Crippen molar-refractivity contribution in [2.75, 3.05) is 12.3 Å². The van der Waals surface area contributed by atoms with E-state index in [0.29, 0.717) is 12.3 Å². The SMILES string of the molecule is Cc1ccccc1CS[C@H]1CC(C)[N+](C(=O)O)(C(=O)[C@H](C)CS)C1. The lowest BCUT2D eigenvalue weighted by Crippen LogP contribution is -2.60. The summed E-state index contributed by atoms with van der Waals surface area (Å²) in [6.45, 7) is 6.09. The van der Waals surface area contributed by atoms with Crippen LogP contribution in [0.2, 0.25) is 0 Å². The first-order valence-electron chi connectivity index (χ1n) is 8.25. The summed E-state index contributed by atoms with van der Waals surface area (Å²) in [6, 6.07) is 8.03. The molecule has 0 spiro atoms. The van der Waals surface area contributed by atoms with Crippen LogP contribution < -0.4 is 0 Å². The molecule has 1 heterocycles. The number of thiol groups is 1. The maximum atomic E-state index is 12.8. The highest BCUT2D eigenvalue weighted by Crippen LogP contribution is 2.37. The van der Waals surface area contributed by atoms with E-state index in [4.69, 9.17) is 0 Å². The summed E-state index contributed by atoms with van der Waals surface area (Å²) in [4.78, 5) is 24.7. The van der Waals surface area contributed by atoms with Crippen LogP contribution >= 0.6 is 24.4 Å². The van der Waals surface area contributed by atoms with Gasteiger partial charge in [-0.3, -0.25) is 0 Å². The maximum Gasteiger partial charge on any atom is 0.521 e. The minimum atomic E-state index is -1.03. The standard InChI is InChI=1S/C18H25NO3S2/c1-12-6-4-5-7-15(12)11-24-16-8-14(3)19(9-16,18(21)22)17(20)13(2)10-23/h4-7,13-14,16H,8-11H2,1-3H3,(H-,21,22,23)/p+1/t13-,14?,16+,19?/m1/s1. The van der Waals surface area contributed by atoms with E-state index in [1.807, 2.05) is 19.1 Å². The number of hydrogen-bond acceptors (Lipinski definition) is 4. The number of imide groups is 1. The van der Waals surface area contributed by atoms with Crippen LogP contribution in [0.25, 0.3) is 0 Å². The Kier molecular flexibility index (Phi) is 6.39. The molecule has 1 N–H and O–H groups in total. The highest BCUT2D eigenvalue weighted by Gasteiger charge is 2.57. The van der Waals surface area contributed by atoms with Crippen molar-refractivity contribution in [1.29, 1.82) is 0 Å². The van der Waals surface area contributed by atoms with Crippen molar-refractivity contribution in [2.24, 2.45) is 5.92 Å². The van der Waals surface area contributed by atoms with E-state index in [0.717, 1.165) is 12.2 Å². The molecule has 0 aliphatic carbocycles. The molecule has 4 atom stereocenters. The molecular weight excluding hydrogens is 342 g/mol. The van der Waals surface area contributed by atoms with Crippen molar-refractivity contribution in [3.8, 4) is 0 Å². The molecule has 1 aliphatic heterocycles. The third-order valence-electron chi connectivity index (χ3n) is 5.01. The van der Waals surface area contributed by atoms with Crippen LogP contribution in [0.3, 0.4) is 0 Å². The fourth-order valence-corrected chi connectivity index (χ4v) is 5.03. The average molecular weight is 369 g/mol. The molecule has 24 heavy (non-hydrogen) atoms. The second-order valence-electron chi connectivity index (χ2n) is 6.70. The van der Waals surface area contributed by atoms with Crippen LogP contribution in [-0.2, 0) is 10.5 Å². The second-order valence-corrected chi connectivity index (χ2v) is 8.35. The van der Waals surface area contributed by atoms with Gasteiger partial charge in [0, 0.05) is 17.9 Å². The Morgan fingerprint density at radius 3 is 2.67 bits per heavy atom. The van der Waals surface area contributed by atoms with Gasteiger partial charge in [0.1, 0.15) is 12.6 Å². The van der Waals surface area contributed by atoms with Gasteiger partial charge >= 0.3 is 12.0 Å². The fraction of sp³-hybridized carbons (Fsp3) is 0.556. The third kappa shape index (κ3) is 3.65. The zero-order valence-corrected chi connectivity index (χ0v) is 16.1. The van der Waals surface area contributed by atoms with E-state index < -0.39 is 10.6 Å². The van der Waals surface area contributed by atoms with E-state index in [9.17, 15) is 14.7 Å². The van der Waals surface area contributed by atoms with Crippen LogP contribution in [0.4, 0.5) is 4.79 Å². The number of benzene rings is 1. The molecule has 1 aliphatic rings. The number of hydrogen-bond donors (Lipinski definition) is 2. The molecule has 0 aromatic heterocycles. The number of carbonyl (C=O) groups is 2. The van der Waals surface area contributed by atoms with Crippen molar-refractivity contribution in [3.63, 3.8) is 0 Å². The number of rotatable bonds is 5. The second kappa shape index (κ2) is 7.93. The van der Waals surface area contributed by atoms with Gasteiger partial charge in [-0.1, -0.05) is 24.3 Å². The highest BCUT2D eigenvalue weighted by atomic mass is 32.2. The summed E-state index contributed by atoms with van der Waals surface area (Å²) in [6.07, 6.45) is -0.284. The molecule has 1 aromatic carbocycles. The van der Waals surface area contributed by atoms with Gasteiger partial charge in [0.05, 0.1) is 11.2 Å². The molecule has 0 saturated carbocycles. The number of thioether (sulfide) groups is 1. The first-order chi connectivity index (χ1) is 11.3. The monoisotopic (exact) mass is 368 g/mol. The molecule has 132 valence electrons. The van der Waals surface area contributed by atoms with E-state index in [1.165, 1.54) is 11.1 Å². The Bertz CT molecular complexity index is 622. The van der Waals surface area contributed by atoms with Gasteiger partial charge in [-0.15, -0.1) is 11.8 Å². The summed E-state index contributed by atoms with van der Waals surface area (Å²) in [5.41, 5.74) is 2.51. The smallest absolute Gasteiger partial charge is 0.435 e. The maximum absolute atomic E-state index is 12.8. The lowest BCUT2D eigenvalue weighted by Gasteiger charge is -2.31. The Hall–Kier alpha value is -0.980. The molecule has 2 unspecified atom stereocenters. The third-order valence-corrected chi connectivity index (χ3v) is 6.85. The van der Waals surface area contributed by atoms with Crippen molar-refractivity contribution >= 4 is 36.4 Å². The van der Waals surface area contributed by atoms with E-state index in [2.05, 4.69) is 31.7 Å². The Labute approximate surface area is 153 Å². The predicted molar refractivity (Wildman–Crippen MR) is 102 cm³/mol. The number of carboxylic acid groups (broad SMARTS) is 1. The first kappa shape index (κ1) is 19.3. The summed E-state index contributed by atoms with van der Waals surface area (Å²) in [7, 11) is 0. The van der Waals surface area contributed by atoms with Gasteiger partial charge in [-0.25, -0.2) is 4.79 Å². The zero-order valence-electron chi connectivity index (χ0n) is 14.4. The highest BCUT2D eigenvalue weighted by molar-refractivity contribution is 7.99. The van der Waals surface area contributed by atoms with E-state index >= 15 is 0 Å². The topological polar surface area (TPSA) is 54.4 Å². The number of likely N-dealkylation sites (tertiary alicyclic amines) is 1. The van der Waals surface area contributed by atoms with Crippen LogP contribution in [0.15, 0.2) is 24.3 Å². The molecule has 2 rings (SSSR count). The quantitative estimate of drug-likeness (QED) is 0.610. The lowest BCUT2D eigenvalue weighted by atomic mass is 10.1. The van der Waals surface area contributed by atoms with Crippen LogP contribution in [-0.4, -0.2) is 45.2 Å². The molecule has 0 bridgehead atoms. The van der Waals surface area contributed by atoms with E-state index in [1.54, 1.807) is 18.7 Å². The zero-order chi connectivity index (χ0) is 17.9. The molecule has 1 fully saturated rings. The molecule has 0 radical (unpaired) electrons. The molecule has 1 aromatic rings. The van der Waals surface area contributed by atoms with Gasteiger partial charge < -0.3 is 5.11 Å². The van der Waals surface area contributed by atoms with Crippen LogP contribution in [0, 0.1) is 12.8 Å². The number of quaternary nitrogens is 1. The van der Waals surface area contributed by atoms with Gasteiger partial charge in [0.2, 0.25) is 0 Å². The molecular formula is C18H26NO3S2+. The normalized spacial score (nSPS) is 27.8. The van der Waals surface area contributed by atoms with Gasteiger partial charge in [0.25, 0.3) is 0 Å². The van der Waals surface area contributed by atoms with Crippen molar-refractivity contribution in [1.82, 2.24) is 0 Å². The summed E-state index contributed by atoms with van der Waals surface area (Å²) >= 11 is 5.94. The van der Waals surface area contributed by atoms with Crippen LogP contribution in [0.5, 0.6) is 0 Å². The average Bonchev–Trinajstić information content (AvgIpc) is 2.90. The molecule has 4 nitrogen and oxygen atoms in total. The minimum absolute atomic E-state index is 0.173. The minimum Gasteiger partial charge on any atom is -0.435 e.